The summed E-state index contributed by atoms with van der Waals surface area (Å²) in [4.78, 5) is 4.23. The molecule has 0 saturated heterocycles. The molecule has 2 atom stereocenters. The molecule has 2 unspecified atom stereocenters. The summed E-state index contributed by atoms with van der Waals surface area (Å²) >= 11 is 7.66. The summed E-state index contributed by atoms with van der Waals surface area (Å²) in [5, 5.41) is 6.45. The fourth-order valence-electron chi connectivity index (χ4n) is 2.29. The van der Waals surface area contributed by atoms with Crippen LogP contribution in [0, 0.1) is 11.8 Å². The van der Waals surface area contributed by atoms with Crippen molar-refractivity contribution in [1.82, 2.24) is 4.98 Å². The third-order valence-electron chi connectivity index (χ3n) is 3.21. The summed E-state index contributed by atoms with van der Waals surface area (Å²) in [6, 6.07) is 0. The van der Waals surface area contributed by atoms with Crippen LogP contribution in [0.4, 0.5) is 5.13 Å². The Kier molecular flexibility index (Phi) is 4.27. The van der Waals surface area contributed by atoms with E-state index in [0.29, 0.717) is 5.92 Å². The van der Waals surface area contributed by atoms with Crippen molar-refractivity contribution in [3.8, 4) is 0 Å². The van der Waals surface area contributed by atoms with Crippen molar-refractivity contribution in [3.05, 3.63) is 11.6 Å². The Balaban J connectivity index is 1.81. The van der Waals surface area contributed by atoms with Crippen molar-refractivity contribution in [2.45, 2.75) is 25.7 Å². The summed E-state index contributed by atoms with van der Waals surface area (Å²) in [6.07, 6.45) is 7.17. The Morgan fingerprint density at radius 1 is 1.40 bits per heavy atom. The van der Waals surface area contributed by atoms with Crippen LogP contribution >= 0.6 is 22.9 Å². The Hall–Kier alpha value is -0.280. The highest BCUT2D eigenvalue weighted by Gasteiger charge is 2.24. The minimum atomic E-state index is 0.702. The van der Waals surface area contributed by atoms with Crippen LogP contribution < -0.4 is 5.32 Å². The first-order valence-electron chi connectivity index (χ1n) is 5.59. The second-order valence-electron chi connectivity index (χ2n) is 4.18. The molecule has 0 bridgehead atoms. The van der Waals surface area contributed by atoms with Crippen LogP contribution in [-0.4, -0.2) is 17.4 Å². The number of thiazole rings is 1. The van der Waals surface area contributed by atoms with Gasteiger partial charge in [-0.1, -0.05) is 12.8 Å². The van der Waals surface area contributed by atoms with Crippen molar-refractivity contribution >= 4 is 28.1 Å². The highest BCUT2D eigenvalue weighted by molar-refractivity contribution is 7.13. The van der Waals surface area contributed by atoms with Gasteiger partial charge in [0.15, 0.2) is 5.13 Å². The SMILES string of the molecule is ClCC1CCCCC1CNc1nccs1. The van der Waals surface area contributed by atoms with Gasteiger partial charge in [-0.15, -0.1) is 22.9 Å². The largest absolute Gasteiger partial charge is 0.361 e. The quantitative estimate of drug-likeness (QED) is 0.819. The van der Waals surface area contributed by atoms with E-state index < -0.39 is 0 Å². The zero-order valence-corrected chi connectivity index (χ0v) is 10.4. The highest BCUT2D eigenvalue weighted by atomic mass is 35.5. The Morgan fingerprint density at radius 2 is 2.20 bits per heavy atom. The fraction of sp³-hybridized carbons (Fsp3) is 0.727. The normalized spacial score (nSPS) is 26.5. The number of anilines is 1. The number of aromatic nitrogens is 1. The van der Waals surface area contributed by atoms with E-state index in [1.807, 2.05) is 11.6 Å². The van der Waals surface area contributed by atoms with Crippen LogP contribution in [0.2, 0.25) is 0 Å². The van der Waals surface area contributed by atoms with Crippen LogP contribution in [-0.2, 0) is 0 Å². The van der Waals surface area contributed by atoms with Gasteiger partial charge in [0.2, 0.25) is 0 Å². The van der Waals surface area contributed by atoms with Gasteiger partial charge in [-0.05, 0) is 24.7 Å². The van der Waals surface area contributed by atoms with Gasteiger partial charge in [0.25, 0.3) is 0 Å². The summed E-state index contributed by atoms with van der Waals surface area (Å²) in [7, 11) is 0. The predicted octanol–water partition coefficient (Wildman–Crippen LogP) is 3.60. The second kappa shape index (κ2) is 5.71. The number of halogens is 1. The maximum absolute atomic E-state index is 5.99. The van der Waals surface area contributed by atoms with E-state index in [9.17, 15) is 0 Å². The Morgan fingerprint density at radius 3 is 2.87 bits per heavy atom. The lowest BCUT2D eigenvalue weighted by molar-refractivity contribution is 0.272. The number of nitrogens with one attached hydrogen (secondary N) is 1. The number of alkyl halides is 1. The minimum Gasteiger partial charge on any atom is -0.361 e. The minimum absolute atomic E-state index is 0.702. The lowest BCUT2D eigenvalue weighted by Gasteiger charge is -2.30. The molecule has 1 saturated carbocycles. The van der Waals surface area contributed by atoms with Crippen LogP contribution in [0.25, 0.3) is 0 Å². The molecule has 1 fully saturated rings. The van der Waals surface area contributed by atoms with Gasteiger partial charge in [0, 0.05) is 24.0 Å². The summed E-state index contributed by atoms with van der Waals surface area (Å²) in [5.74, 6) is 2.25. The van der Waals surface area contributed by atoms with E-state index >= 15 is 0 Å². The molecule has 0 radical (unpaired) electrons. The van der Waals surface area contributed by atoms with E-state index in [-0.39, 0.29) is 0 Å². The lowest BCUT2D eigenvalue weighted by atomic mass is 9.80. The summed E-state index contributed by atoms with van der Waals surface area (Å²) in [5.41, 5.74) is 0. The number of hydrogen-bond acceptors (Lipinski definition) is 3. The number of nitrogens with zero attached hydrogens (tertiary/aromatic N) is 1. The molecule has 4 heteroatoms. The van der Waals surface area contributed by atoms with Crippen LogP contribution in [0.1, 0.15) is 25.7 Å². The number of rotatable bonds is 4. The maximum Gasteiger partial charge on any atom is 0.182 e. The molecular formula is C11H17ClN2S. The van der Waals surface area contributed by atoms with Crippen molar-refractivity contribution in [2.24, 2.45) is 11.8 Å². The molecule has 0 aliphatic heterocycles. The molecule has 2 rings (SSSR count). The van der Waals surface area contributed by atoms with Gasteiger partial charge in [-0.3, -0.25) is 0 Å². The van der Waals surface area contributed by atoms with E-state index in [2.05, 4.69) is 10.3 Å². The van der Waals surface area contributed by atoms with Crippen LogP contribution in [0.15, 0.2) is 11.6 Å². The second-order valence-corrected chi connectivity index (χ2v) is 5.38. The average molecular weight is 245 g/mol. The van der Waals surface area contributed by atoms with E-state index in [1.165, 1.54) is 25.7 Å². The molecule has 1 aromatic heterocycles. The van der Waals surface area contributed by atoms with Gasteiger partial charge < -0.3 is 5.32 Å². The topological polar surface area (TPSA) is 24.9 Å². The third-order valence-corrected chi connectivity index (χ3v) is 4.34. The molecule has 15 heavy (non-hydrogen) atoms. The molecule has 1 aliphatic rings. The first kappa shape index (κ1) is 11.2. The molecule has 1 aliphatic carbocycles. The molecule has 1 heterocycles. The van der Waals surface area contributed by atoms with Crippen molar-refractivity contribution < 1.29 is 0 Å². The van der Waals surface area contributed by atoms with Gasteiger partial charge in [-0.2, -0.15) is 0 Å². The van der Waals surface area contributed by atoms with E-state index in [0.717, 1.165) is 23.5 Å². The first-order chi connectivity index (χ1) is 7.40. The van der Waals surface area contributed by atoms with Gasteiger partial charge in [0.05, 0.1) is 0 Å². The molecule has 1 N–H and O–H groups in total. The maximum atomic E-state index is 5.99. The average Bonchev–Trinajstić information content (AvgIpc) is 2.79. The molecule has 0 spiro atoms. The molecule has 84 valence electrons. The number of hydrogen-bond donors (Lipinski definition) is 1. The summed E-state index contributed by atoms with van der Waals surface area (Å²) in [6.45, 7) is 1.03. The molecular weight excluding hydrogens is 228 g/mol. The monoisotopic (exact) mass is 244 g/mol. The lowest BCUT2D eigenvalue weighted by Crippen LogP contribution is -2.27. The van der Waals surface area contributed by atoms with Crippen LogP contribution in [0.3, 0.4) is 0 Å². The third kappa shape index (κ3) is 3.08. The molecule has 2 nitrogen and oxygen atoms in total. The molecule has 1 aromatic rings. The molecule has 0 aromatic carbocycles. The van der Waals surface area contributed by atoms with Crippen molar-refractivity contribution in [3.63, 3.8) is 0 Å². The summed E-state index contributed by atoms with van der Waals surface area (Å²) < 4.78 is 0. The van der Waals surface area contributed by atoms with Gasteiger partial charge in [-0.25, -0.2) is 4.98 Å². The molecule has 0 amide bonds. The van der Waals surface area contributed by atoms with E-state index in [1.54, 1.807) is 11.3 Å². The predicted molar refractivity (Wildman–Crippen MR) is 66.8 cm³/mol. The van der Waals surface area contributed by atoms with Gasteiger partial charge in [0.1, 0.15) is 0 Å². The zero-order chi connectivity index (χ0) is 10.5. The van der Waals surface area contributed by atoms with Crippen LogP contribution in [0.5, 0.6) is 0 Å². The zero-order valence-electron chi connectivity index (χ0n) is 8.79. The fourth-order valence-corrected chi connectivity index (χ4v) is 3.23. The standard InChI is InChI=1S/C11H17ClN2S/c12-7-9-3-1-2-4-10(9)8-14-11-13-5-6-15-11/h5-6,9-10H,1-4,7-8H2,(H,13,14). The Labute approximate surface area is 100 Å². The first-order valence-corrected chi connectivity index (χ1v) is 7.01. The smallest absolute Gasteiger partial charge is 0.182 e. The highest BCUT2D eigenvalue weighted by Crippen LogP contribution is 2.31. The van der Waals surface area contributed by atoms with Gasteiger partial charge >= 0.3 is 0 Å². The van der Waals surface area contributed by atoms with Crippen molar-refractivity contribution in [2.75, 3.05) is 17.7 Å². The van der Waals surface area contributed by atoms with Crippen molar-refractivity contribution in [1.29, 1.82) is 0 Å². The Bertz CT molecular complexity index is 276. The van der Waals surface area contributed by atoms with E-state index in [4.69, 9.17) is 11.6 Å².